The summed E-state index contributed by atoms with van der Waals surface area (Å²) in [7, 11) is 0. The first kappa shape index (κ1) is 15.5. The Morgan fingerprint density at radius 3 is 2.50 bits per heavy atom. The number of nitrogens with one attached hydrogen (secondary N) is 1. The lowest BCUT2D eigenvalue weighted by Gasteiger charge is -2.27. The lowest BCUT2D eigenvalue weighted by molar-refractivity contribution is 0.238. The van der Waals surface area contributed by atoms with E-state index in [1.807, 2.05) is 0 Å². The number of nitrogens with zero attached hydrogens (tertiary/aromatic N) is 1. The van der Waals surface area contributed by atoms with E-state index in [0.29, 0.717) is 0 Å². The molecule has 0 spiro atoms. The van der Waals surface area contributed by atoms with Crippen LogP contribution in [0.4, 0.5) is 0 Å². The van der Waals surface area contributed by atoms with E-state index in [-0.39, 0.29) is 5.41 Å². The smallest absolute Gasteiger partial charge is 0.0107 e. The summed E-state index contributed by atoms with van der Waals surface area (Å²) in [6, 6.07) is 7.00. The maximum absolute atomic E-state index is 3.41. The van der Waals surface area contributed by atoms with Crippen LogP contribution in [0.1, 0.15) is 43.9 Å². The molecule has 0 aromatic heterocycles. The minimum atomic E-state index is 0.251. The molecule has 112 valence electrons. The minimum absolute atomic E-state index is 0.251. The maximum atomic E-state index is 3.41. The van der Waals surface area contributed by atoms with Gasteiger partial charge in [-0.05, 0) is 48.4 Å². The van der Waals surface area contributed by atoms with Crippen molar-refractivity contribution in [3.63, 3.8) is 0 Å². The number of aryl methyl sites for hydroxylation is 2. The molecule has 1 saturated heterocycles. The van der Waals surface area contributed by atoms with Gasteiger partial charge < -0.3 is 10.2 Å². The Hall–Kier alpha value is -0.860. The van der Waals surface area contributed by atoms with Crippen molar-refractivity contribution in [1.29, 1.82) is 0 Å². The molecule has 1 heterocycles. The molecular formula is C18H30N2. The lowest BCUT2D eigenvalue weighted by Crippen LogP contribution is -2.43. The first-order valence-electron chi connectivity index (χ1n) is 8.00. The van der Waals surface area contributed by atoms with Gasteiger partial charge in [0.05, 0.1) is 0 Å². The molecule has 20 heavy (non-hydrogen) atoms. The van der Waals surface area contributed by atoms with Crippen molar-refractivity contribution in [3.05, 3.63) is 34.9 Å². The standard InChI is InChI=1S/C18H30N2/c1-15-7-8-17(18(2,3)4)14-16(15)6-5-11-20-12-9-19-10-13-20/h7-8,14,19H,5-6,9-13H2,1-4H3. The molecule has 2 rings (SSSR count). The molecule has 1 fully saturated rings. The van der Waals surface area contributed by atoms with Gasteiger partial charge in [0, 0.05) is 26.2 Å². The summed E-state index contributed by atoms with van der Waals surface area (Å²) in [4.78, 5) is 2.58. The highest BCUT2D eigenvalue weighted by atomic mass is 15.2. The van der Waals surface area contributed by atoms with Gasteiger partial charge >= 0.3 is 0 Å². The largest absolute Gasteiger partial charge is 0.314 e. The third-order valence-electron chi connectivity index (χ3n) is 4.35. The van der Waals surface area contributed by atoms with E-state index in [2.05, 4.69) is 56.1 Å². The van der Waals surface area contributed by atoms with Gasteiger partial charge in [0.25, 0.3) is 0 Å². The Kier molecular flexibility index (Phi) is 5.22. The van der Waals surface area contributed by atoms with Gasteiger partial charge in [-0.3, -0.25) is 0 Å². The Labute approximate surface area is 124 Å². The van der Waals surface area contributed by atoms with E-state index in [0.717, 1.165) is 13.1 Å². The SMILES string of the molecule is Cc1ccc(C(C)(C)C)cc1CCCN1CCNCC1. The predicted octanol–water partition coefficient (Wildman–Crippen LogP) is 3.13. The Morgan fingerprint density at radius 2 is 1.85 bits per heavy atom. The molecule has 0 unspecified atom stereocenters. The maximum Gasteiger partial charge on any atom is 0.0107 e. The van der Waals surface area contributed by atoms with E-state index >= 15 is 0 Å². The summed E-state index contributed by atoms with van der Waals surface area (Å²) >= 11 is 0. The van der Waals surface area contributed by atoms with Gasteiger partial charge in [-0.1, -0.05) is 39.0 Å². The van der Waals surface area contributed by atoms with Crippen LogP contribution in [0.5, 0.6) is 0 Å². The molecule has 2 heteroatoms. The molecule has 0 aliphatic carbocycles. The van der Waals surface area contributed by atoms with Crippen molar-refractivity contribution in [2.75, 3.05) is 32.7 Å². The molecule has 2 nitrogen and oxygen atoms in total. The van der Waals surface area contributed by atoms with E-state index < -0.39 is 0 Å². The molecule has 0 amide bonds. The highest BCUT2D eigenvalue weighted by Gasteiger charge is 2.15. The number of piperazine rings is 1. The van der Waals surface area contributed by atoms with Crippen molar-refractivity contribution in [3.8, 4) is 0 Å². The molecule has 1 N–H and O–H groups in total. The molecule has 0 radical (unpaired) electrons. The molecule has 1 aliphatic heterocycles. The van der Waals surface area contributed by atoms with E-state index in [1.54, 1.807) is 0 Å². The fourth-order valence-corrected chi connectivity index (χ4v) is 2.84. The van der Waals surface area contributed by atoms with Crippen molar-refractivity contribution in [2.24, 2.45) is 0 Å². The molecule has 1 aromatic carbocycles. The third kappa shape index (κ3) is 4.32. The monoisotopic (exact) mass is 274 g/mol. The van der Waals surface area contributed by atoms with Crippen LogP contribution >= 0.6 is 0 Å². The first-order chi connectivity index (χ1) is 9.47. The molecule has 1 aliphatic rings. The van der Waals surface area contributed by atoms with E-state index in [4.69, 9.17) is 0 Å². The Morgan fingerprint density at radius 1 is 1.15 bits per heavy atom. The van der Waals surface area contributed by atoms with Crippen LogP contribution in [0.2, 0.25) is 0 Å². The normalized spacial score (nSPS) is 17.4. The zero-order valence-corrected chi connectivity index (χ0v) is 13.6. The van der Waals surface area contributed by atoms with Gasteiger partial charge in [-0.25, -0.2) is 0 Å². The summed E-state index contributed by atoms with van der Waals surface area (Å²) in [5.74, 6) is 0. The summed E-state index contributed by atoms with van der Waals surface area (Å²) < 4.78 is 0. The van der Waals surface area contributed by atoms with Crippen LogP contribution in [0.15, 0.2) is 18.2 Å². The van der Waals surface area contributed by atoms with Crippen LogP contribution < -0.4 is 5.32 Å². The van der Waals surface area contributed by atoms with Crippen LogP contribution in [0, 0.1) is 6.92 Å². The van der Waals surface area contributed by atoms with Gasteiger partial charge in [-0.15, -0.1) is 0 Å². The van der Waals surface area contributed by atoms with Crippen LogP contribution in [0.3, 0.4) is 0 Å². The molecule has 0 atom stereocenters. The van der Waals surface area contributed by atoms with Crippen molar-refractivity contribution in [2.45, 2.75) is 46.0 Å². The van der Waals surface area contributed by atoms with Gasteiger partial charge in [0.15, 0.2) is 0 Å². The number of hydrogen-bond acceptors (Lipinski definition) is 2. The third-order valence-corrected chi connectivity index (χ3v) is 4.35. The van der Waals surface area contributed by atoms with Gasteiger partial charge in [0.1, 0.15) is 0 Å². The number of hydrogen-bond donors (Lipinski definition) is 1. The van der Waals surface area contributed by atoms with Crippen LogP contribution in [-0.4, -0.2) is 37.6 Å². The first-order valence-corrected chi connectivity index (χ1v) is 8.00. The summed E-state index contributed by atoms with van der Waals surface area (Å²) in [6.45, 7) is 15.1. The van der Waals surface area contributed by atoms with E-state index in [9.17, 15) is 0 Å². The second kappa shape index (κ2) is 6.73. The van der Waals surface area contributed by atoms with Crippen molar-refractivity contribution < 1.29 is 0 Å². The lowest BCUT2D eigenvalue weighted by atomic mass is 9.85. The predicted molar refractivity (Wildman–Crippen MR) is 87.5 cm³/mol. The summed E-state index contributed by atoms with van der Waals surface area (Å²) in [5.41, 5.74) is 4.69. The molecule has 1 aromatic rings. The van der Waals surface area contributed by atoms with Crippen LogP contribution in [0.25, 0.3) is 0 Å². The van der Waals surface area contributed by atoms with Gasteiger partial charge in [-0.2, -0.15) is 0 Å². The highest BCUT2D eigenvalue weighted by Crippen LogP contribution is 2.25. The summed E-state index contributed by atoms with van der Waals surface area (Å²) in [6.07, 6.45) is 2.48. The van der Waals surface area contributed by atoms with Gasteiger partial charge in [0.2, 0.25) is 0 Å². The average Bonchev–Trinajstić information content (AvgIpc) is 2.41. The topological polar surface area (TPSA) is 15.3 Å². The zero-order chi connectivity index (χ0) is 14.6. The highest BCUT2D eigenvalue weighted by molar-refractivity contribution is 5.34. The summed E-state index contributed by atoms with van der Waals surface area (Å²) in [5, 5.41) is 3.41. The molecule has 0 saturated carbocycles. The number of benzene rings is 1. The second-order valence-corrected chi connectivity index (χ2v) is 7.09. The van der Waals surface area contributed by atoms with Crippen molar-refractivity contribution >= 4 is 0 Å². The number of rotatable bonds is 4. The Bertz CT molecular complexity index is 426. The molecule has 0 bridgehead atoms. The fourth-order valence-electron chi connectivity index (χ4n) is 2.84. The van der Waals surface area contributed by atoms with Crippen LogP contribution in [-0.2, 0) is 11.8 Å². The fraction of sp³-hybridized carbons (Fsp3) is 0.667. The zero-order valence-electron chi connectivity index (χ0n) is 13.6. The minimum Gasteiger partial charge on any atom is -0.314 e. The average molecular weight is 274 g/mol. The Balaban J connectivity index is 1.91. The second-order valence-electron chi connectivity index (χ2n) is 7.09. The molecular weight excluding hydrogens is 244 g/mol. The quantitative estimate of drug-likeness (QED) is 0.907. The van der Waals surface area contributed by atoms with E-state index in [1.165, 1.54) is 49.2 Å². The van der Waals surface area contributed by atoms with Crippen molar-refractivity contribution in [1.82, 2.24) is 10.2 Å².